The molecule has 1 spiro atoms. The number of benzene rings is 14. The molecule has 17 rings (SSSR count). The molecular formula is C81H52N2. The summed E-state index contributed by atoms with van der Waals surface area (Å²) in [4.78, 5) is 4.85. The Bertz CT molecular complexity index is 4890. The first kappa shape index (κ1) is 47.1. The quantitative estimate of drug-likeness (QED) is 0.142. The van der Waals surface area contributed by atoms with Gasteiger partial charge in [-0.1, -0.05) is 237 Å². The van der Waals surface area contributed by atoms with E-state index in [-0.39, 0.29) is 0 Å². The fraction of sp³-hybridized carbons (Fsp3) is 0.0123. The normalized spacial score (nSPS) is 13.8. The van der Waals surface area contributed by atoms with Crippen molar-refractivity contribution in [3.05, 3.63) is 338 Å². The lowest BCUT2D eigenvalue weighted by atomic mass is 9.69. The third-order valence-electron chi connectivity index (χ3n) is 18.0. The Morgan fingerprint density at radius 1 is 0.229 bits per heavy atom. The van der Waals surface area contributed by atoms with Gasteiger partial charge in [-0.2, -0.15) is 0 Å². The Labute approximate surface area is 483 Å². The molecule has 3 aliphatic carbocycles. The maximum atomic E-state index is 2.50. The average molecular weight is 1050 g/mol. The van der Waals surface area contributed by atoms with E-state index in [0.717, 1.165) is 45.3 Å². The average Bonchev–Trinajstić information content (AvgIpc) is 1.61. The van der Waals surface area contributed by atoms with Crippen LogP contribution in [0.15, 0.2) is 315 Å². The molecular weight excluding hydrogens is 1000 g/mol. The van der Waals surface area contributed by atoms with Crippen LogP contribution in [-0.4, -0.2) is 0 Å². The zero-order chi connectivity index (χ0) is 54.6. The molecule has 386 valence electrons. The number of para-hydroxylation sites is 1. The monoisotopic (exact) mass is 1050 g/mol. The SMILES string of the molecule is c1ccc(-c2ccc(N(c3cccc(-c4ccc(N(c5ccccc5)c5ccc(-c6cc7c8c(cccc8c6)-c6ccccc6-7)cc5)cc4)c3)c3cccc4c3-c3ccccc3C43c4ccccc4-c4ccc5ccccc5c43)cc2)cc1. The van der Waals surface area contributed by atoms with E-state index in [0.29, 0.717) is 0 Å². The molecule has 0 fully saturated rings. The van der Waals surface area contributed by atoms with Crippen LogP contribution in [0.3, 0.4) is 0 Å². The zero-order valence-corrected chi connectivity index (χ0v) is 45.4. The molecule has 0 bridgehead atoms. The summed E-state index contributed by atoms with van der Waals surface area (Å²) in [6.45, 7) is 0. The van der Waals surface area contributed by atoms with Crippen LogP contribution in [0.2, 0.25) is 0 Å². The van der Waals surface area contributed by atoms with Crippen LogP contribution in [0.25, 0.3) is 99.4 Å². The Kier molecular flexibility index (Phi) is 10.6. The highest BCUT2D eigenvalue weighted by Crippen LogP contribution is 2.66. The molecule has 1 atom stereocenters. The molecule has 0 saturated carbocycles. The second kappa shape index (κ2) is 18.6. The second-order valence-corrected chi connectivity index (χ2v) is 22.3. The van der Waals surface area contributed by atoms with Gasteiger partial charge in [0.2, 0.25) is 0 Å². The van der Waals surface area contributed by atoms with Crippen molar-refractivity contribution in [2.24, 2.45) is 0 Å². The number of nitrogens with zero attached hydrogens (tertiary/aromatic N) is 2. The third kappa shape index (κ3) is 7.16. The first-order valence-corrected chi connectivity index (χ1v) is 28.8. The number of hydrogen-bond donors (Lipinski definition) is 0. The predicted octanol–water partition coefficient (Wildman–Crippen LogP) is 21.9. The van der Waals surface area contributed by atoms with Crippen LogP contribution >= 0.6 is 0 Å². The minimum absolute atomic E-state index is 0.526. The summed E-state index contributed by atoms with van der Waals surface area (Å²) < 4.78 is 0. The fourth-order valence-electron chi connectivity index (χ4n) is 14.4. The molecule has 0 aromatic heterocycles. The fourth-order valence-corrected chi connectivity index (χ4v) is 14.4. The van der Waals surface area contributed by atoms with E-state index in [4.69, 9.17) is 0 Å². The Morgan fingerprint density at radius 2 is 0.711 bits per heavy atom. The smallest absolute Gasteiger partial charge is 0.0732 e. The van der Waals surface area contributed by atoms with E-state index < -0.39 is 5.41 Å². The van der Waals surface area contributed by atoms with Gasteiger partial charge in [0.1, 0.15) is 0 Å². The van der Waals surface area contributed by atoms with Crippen molar-refractivity contribution in [2.75, 3.05) is 9.80 Å². The van der Waals surface area contributed by atoms with Crippen LogP contribution in [0.5, 0.6) is 0 Å². The number of anilines is 6. The van der Waals surface area contributed by atoms with E-state index >= 15 is 0 Å². The molecule has 14 aromatic carbocycles. The molecule has 0 radical (unpaired) electrons. The van der Waals surface area contributed by atoms with Crippen LogP contribution in [0.4, 0.5) is 34.1 Å². The summed E-state index contributed by atoms with van der Waals surface area (Å²) in [5.74, 6) is 0. The summed E-state index contributed by atoms with van der Waals surface area (Å²) in [5, 5.41) is 5.17. The van der Waals surface area contributed by atoms with Crippen LogP contribution in [-0.2, 0) is 5.41 Å². The molecule has 0 aliphatic heterocycles. The molecule has 1 unspecified atom stereocenters. The van der Waals surface area contributed by atoms with E-state index in [1.165, 1.54) is 111 Å². The molecule has 0 amide bonds. The lowest BCUT2D eigenvalue weighted by Crippen LogP contribution is -2.26. The Morgan fingerprint density at radius 3 is 1.45 bits per heavy atom. The summed E-state index contributed by atoms with van der Waals surface area (Å²) in [5.41, 5.74) is 28.9. The lowest BCUT2D eigenvalue weighted by Gasteiger charge is -2.32. The van der Waals surface area contributed by atoms with Gasteiger partial charge in [0, 0.05) is 34.0 Å². The van der Waals surface area contributed by atoms with Gasteiger partial charge in [0.15, 0.2) is 0 Å². The topological polar surface area (TPSA) is 6.48 Å². The second-order valence-electron chi connectivity index (χ2n) is 22.3. The molecule has 0 N–H and O–H groups in total. The molecule has 83 heavy (non-hydrogen) atoms. The number of hydrogen-bond acceptors (Lipinski definition) is 2. The predicted molar refractivity (Wildman–Crippen MR) is 348 cm³/mol. The van der Waals surface area contributed by atoms with Gasteiger partial charge in [-0.3, -0.25) is 0 Å². The van der Waals surface area contributed by atoms with E-state index in [1.807, 2.05) is 0 Å². The summed E-state index contributed by atoms with van der Waals surface area (Å²) in [7, 11) is 0. The van der Waals surface area contributed by atoms with Gasteiger partial charge in [-0.15, -0.1) is 0 Å². The van der Waals surface area contributed by atoms with Crippen molar-refractivity contribution in [1.29, 1.82) is 0 Å². The minimum Gasteiger partial charge on any atom is -0.311 e. The van der Waals surface area contributed by atoms with Crippen molar-refractivity contribution < 1.29 is 0 Å². The molecule has 0 heterocycles. The molecule has 2 heteroatoms. The molecule has 0 saturated heterocycles. The van der Waals surface area contributed by atoms with E-state index in [1.54, 1.807) is 0 Å². The van der Waals surface area contributed by atoms with Gasteiger partial charge in [-0.05, 0) is 195 Å². The summed E-state index contributed by atoms with van der Waals surface area (Å²) in [6, 6.07) is 117. The maximum absolute atomic E-state index is 2.50. The van der Waals surface area contributed by atoms with Gasteiger partial charge in [0.25, 0.3) is 0 Å². The number of rotatable bonds is 9. The van der Waals surface area contributed by atoms with Gasteiger partial charge in [0.05, 0.1) is 11.1 Å². The summed E-state index contributed by atoms with van der Waals surface area (Å²) >= 11 is 0. The minimum atomic E-state index is -0.526. The van der Waals surface area contributed by atoms with Gasteiger partial charge < -0.3 is 9.80 Å². The van der Waals surface area contributed by atoms with E-state index in [2.05, 4.69) is 325 Å². The largest absolute Gasteiger partial charge is 0.311 e. The standard InChI is InChI=1S/C81H52N2/c1-3-18-53(19-4-1)54-36-47-64(48-37-54)83(77-35-17-34-76-79(77)72-30-12-14-33-75(72)81(76)74-32-13-11-29-69(74)71-49-42-57-20-7-8-26-66(57)80(71)81)65-25-15-21-58(51-65)55-38-43-62(44-39-55)82(61-23-5-2-6-24-61)63-45-40-56(41-46-63)60-50-59-22-16-31-70-67-27-9-10-28-68(67)73(52-60)78(59)70/h1-52H. The van der Waals surface area contributed by atoms with Crippen LogP contribution in [0, 0.1) is 0 Å². The highest BCUT2D eigenvalue weighted by Gasteiger charge is 2.53. The van der Waals surface area contributed by atoms with Crippen molar-refractivity contribution in [3.8, 4) is 77.9 Å². The Hall–Kier alpha value is -10.8. The highest BCUT2D eigenvalue weighted by molar-refractivity contribution is 6.16. The van der Waals surface area contributed by atoms with Crippen molar-refractivity contribution in [3.63, 3.8) is 0 Å². The third-order valence-corrected chi connectivity index (χ3v) is 18.0. The van der Waals surface area contributed by atoms with Gasteiger partial charge >= 0.3 is 0 Å². The van der Waals surface area contributed by atoms with Gasteiger partial charge in [-0.25, -0.2) is 0 Å². The number of fused-ring (bicyclic) bond motifs is 15. The lowest BCUT2D eigenvalue weighted by molar-refractivity contribution is 0.801. The summed E-state index contributed by atoms with van der Waals surface area (Å²) in [6.07, 6.45) is 0. The first-order valence-electron chi connectivity index (χ1n) is 28.8. The molecule has 14 aromatic rings. The van der Waals surface area contributed by atoms with Crippen molar-refractivity contribution in [2.45, 2.75) is 5.41 Å². The first-order chi connectivity index (χ1) is 41.2. The van der Waals surface area contributed by atoms with Crippen LogP contribution in [0.1, 0.15) is 22.3 Å². The Balaban J connectivity index is 0.776. The van der Waals surface area contributed by atoms with Crippen LogP contribution < -0.4 is 9.80 Å². The van der Waals surface area contributed by atoms with E-state index in [9.17, 15) is 0 Å². The highest BCUT2D eigenvalue weighted by atomic mass is 15.1. The zero-order valence-electron chi connectivity index (χ0n) is 45.4. The maximum Gasteiger partial charge on any atom is 0.0732 e. The van der Waals surface area contributed by atoms with Crippen molar-refractivity contribution in [1.82, 2.24) is 0 Å². The molecule has 3 aliphatic rings. The van der Waals surface area contributed by atoms with Crippen molar-refractivity contribution >= 4 is 55.7 Å². The molecule has 2 nitrogen and oxygen atoms in total.